The number of halogens is 2. The van der Waals surface area contributed by atoms with E-state index >= 15 is 0 Å². The molecule has 3 aromatic rings. The van der Waals surface area contributed by atoms with Crippen LogP contribution >= 0.6 is 27.5 Å². The van der Waals surface area contributed by atoms with Crippen molar-refractivity contribution in [3.8, 4) is 0 Å². The molecule has 0 aliphatic rings. The number of hydrogen-bond acceptors (Lipinski definition) is 3. The molecule has 6 heteroatoms. The minimum Gasteiger partial charge on any atom is -0.363 e. The second-order valence-corrected chi connectivity index (χ2v) is 6.82. The van der Waals surface area contributed by atoms with Gasteiger partial charge in [-0.15, -0.1) is 0 Å². The van der Waals surface area contributed by atoms with E-state index in [1.165, 1.54) is 0 Å². The molecule has 0 aliphatic carbocycles. The number of nitrogens with one attached hydrogen (secondary N) is 2. The maximum absolute atomic E-state index is 12.3. The highest BCUT2D eigenvalue weighted by atomic mass is 79.9. The average molecular weight is 393 g/mol. The van der Waals surface area contributed by atoms with Crippen LogP contribution in [0.5, 0.6) is 0 Å². The summed E-state index contributed by atoms with van der Waals surface area (Å²) in [6, 6.07) is 10.9. The largest absolute Gasteiger partial charge is 0.363 e. The fourth-order valence-electron chi connectivity index (χ4n) is 2.52. The van der Waals surface area contributed by atoms with Gasteiger partial charge in [0, 0.05) is 31.7 Å². The van der Waals surface area contributed by atoms with Crippen molar-refractivity contribution < 1.29 is 0 Å². The van der Waals surface area contributed by atoms with Crippen LogP contribution in [0, 0.1) is 6.92 Å². The molecular formula is C17H15BrClN3O. The lowest BCUT2D eigenvalue weighted by Crippen LogP contribution is -2.19. The van der Waals surface area contributed by atoms with E-state index in [0.29, 0.717) is 10.6 Å². The van der Waals surface area contributed by atoms with Crippen LogP contribution in [0.4, 0.5) is 5.82 Å². The summed E-state index contributed by atoms with van der Waals surface area (Å²) in [6.45, 7) is 3.85. The highest BCUT2D eigenvalue weighted by molar-refractivity contribution is 9.10. The van der Waals surface area contributed by atoms with Crippen LogP contribution in [-0.2, 0) is 0 Å². The number of nitrogens with zero attached hydrogens (tertiary/aromatic N) is 1. The Labute approximate surface area is 147 Å². The van der Waals surface area contributed by atoms with Crippen molar-refractivity contribution >= 4 is 44.3 Å². The summed E-state index contributed by atoms with van der Waals surface area (Å²) < 4.78 is 0.943. The number of aryl methyl sites for hydroxylation is 1. The lowest BCUT2D eigenvalue weighted by Gasteiger charge is -2.15. The monoisotopic (exact) mass is 391 g/mol. The average Bonchev–Trinajstić information content (AvgIpc) is 2.45. The Hall–Kier alpha value is -1.85. The third-order valence-corrected chi connectivity index (χ3v) is 4.28. The first-order valence-corrected chi connectivity index (χ1v) is 8.33. The second-order valence-electron chi connectivity index (χ2n) is 5.46. The topological polar surface area (TPSA) is 57.8 Å². The molecule has 1 unspecified atom stereocenters. The Morgan fingerprint density at radius 1 is 1.26 bits per heavy atom. The lowest BCUT2D eigenvalue weighted by atomic mass is 10.1. The van der Waals surface area contributed by atoms with Crippen molar-refractivity contribution in [1.82, 2.24) is 9.97 Å². The van der Waals surface area contributed by atoms with Crippen LogP contribution < -0.4 is 10.9 Å². The van der Waals surface area contributed by atoms with Crippen LogP contribution in [0.15, 0.2) is 45.7 Å². The minimum atomic E-state index is -0.191. The quantitative estimate of drug-likeness (QED) is 0.672. The zero-order valence-corrected chi connectivity index (χ0v) is 15.0. The van der Waals surface area contributed by atoms with Crippen molar-refractivity contribution in [2.45, 2.75) is 19.9 Å². The summed E-state index contributed by atoms with van der Waals surface area (Å²) in [7, 11) is 0. The SMILES string of the molecule is Cc1cc(Br)cc(NC(C)c2cc3cc(Cl)ccc3[nH]c2=O)n1. The first-order chi connectivity index (χ1) is 10.9. The van der Waals surface area contributed by atoms with E-state index in [1.54, 1.807) is 12.1 Å². The lowest BCUT2D eigenvalue weighted by molar-refractivity contribution is 0.855. The molecule has 23 heavy (non-hydrogen) atoms. The second kappa shape index (κ2) is 6.34. The number of fused-ring (bicyclic) bond motifs is 1. The molecule has 4 nitrogen and oxygen atoms in total. The summed E-state index contributed by atoms with van der Waals surface area (Å²) in [6.07, 6.45) is 0. The summed E-state index contributed by atoms with van der Waals surface area (Å²) in [4.78, 5) is 19.6. The number of aromatic amines is 1. The van der Waals surface area contributed by atoms with Crippen LogP contribution in [0.2, 0.25) is 5.02 Å². The fourth-order valence-corrected chi connectivity index (χ4v) is 3.24. The van der Waals surface area contributed by atoms with Gasteiger partial charge in [-0.1, -0.05) is 27.5 Å². The van der Waals surface area contributed by atoms with E-state index in [1.807, 2.05) is 38.1 Å². The molecule has 0 spiro atoms. The zero-order valence-electron chi connectivity index (χ0n) is 12.7. The molecule has 2 N–H and O–H groups in total. The molecule has 0 bridgehead atoms. The maximum atomic E-state index is 12.3. The van der Waals surface area contributed by atoms with Gasteiger partial charge in [-0.05, 0) is 50.2 Å². The van der Waals surface area contributed by atoms with E-state index in [4.69, 9.17) is 11.6 Å². The van der Waals surface area contributed by atoms with Crippen molar-refractivity contribution in [2.24, 2.45) is 0 Å². The van der Waals surface area contributed by atoms with Gasteiger partial charge in [-0.2, -0.15) is 0 Å². The number of benzene rings is 1. The van der Waals surface area contributed by atoms with Crippen molar-refractivity contribution in [3.05, 3.63) is 67.5 Å². The Bertz CT molecular complexity index is 919. The number of pyridine rings is 2. The van der Waals surface area contributed by atoms with Gasteiger partial charge in [0.25, 0.3) is 5.56 Å². The molecule has 0 saturated carbocycles. The Morgan fingerprint density at radius 3 is 2.78 bits per heavy atom. The Balaban J connectivity index is 1.98. The number of anilines is 1. The minimum absolute atomic E-state index is 0.119. The highest BCUT2D eigenvalue weighted by Crippen LogP contribution is 2.23. The van der Waals surface area contributed by atoms with Gasteiger partial charge in [-0.25, -0.2) is 4.98 Å². The summed E-state index contributed by atoms with van der Waals surface area (Å²) in [5.41, 5.74) is 2.19. The van der Waals surface area contributed by atoms with Gasteiger partial charge in [0.05, 0.1) is 6.04 Å². The smallest absolute Gasteiger partial charge is 0.253 e. The molecule has 0 radical (unpaired) electrons. The predicted molar refractivity (Wildman–Crippen MR) is 98.3 cm³/mol. The van der Waals surface area contributed by atoms with E-state index < -0.39 is 0 Å². The molecule has 0 fully saturated rings. The standard InChI is InChI=1S/C17H15BrClN3O/c1-9-5-12(18)8-16(20-9)21-10(2)14-7-11-6-13(19)3-4-15(11)22-17(14)23/h3-8,10H,1-2H3,(H,20,21)(H,22,23). The van der Waals surface area contributed by atoms with E-state index in [2.05, 4.69) is 31.2 Å². The Morgan fingerprint density at radius 2 is 2.04 bits per heavy atom. The first-order valence-electron chi connectivity index (χ1n) is 7.15. The molecule has 0 amide bonds. The molecule has 1 aromatic carbocycles. The fraction of sp³-hybridized carbons (Fsp3) is 0.176. The number of hydrogen-bond donors (Lipinski definition) is 2. The first kappa shape index (κ1) is 16.0. The number of rotatable bonds is 3. The van der Waals surface area contributed by atoms with Gasteiger partial charge in [0.1, 0.15) is 5.82 Å². The molecule has 0 aliphatic heterocycles. The third kappa shape index (κ3) is 3.57. The Kier molecular flexibility index (Phi) is 4.41. The molecular weight excluding hydrogens is 378 g/mol. The molecule has 3 rings (SSSR count). The van der Waals surface area contributed by atoms with Crippen LogP contribution in [-0.4, -0.2) is 9.97 Å². The molecule has 1 atom stereocenters. The zero-order chi connectivity index (χ0) is 16.6. The van der Waals surface area contributed by atoms with E-state index in [0.717, 1.165) is 26.9 Å². The van der Waals surface area contributed by atoms with Crippen LogP contribution in [0.3, 0.4) is 0 Å². The van der Waals surface area contributed by atoms with Gasteiger partial charge in [0.15, 0.2) is 0 Å². The van der Waals surface area contributed by atoms with E-state index in [9.17, 15) is 4.79 Å². The van der Waals surface area contributed by atoms with E-state index in [-0.39, 0.29) is 11.6 Å². The predicted octanol–water partition coefficient (Wildman–Crippen LogP) is 4.82. The molecule has 2 aromatic heterocycles. The van der Waals surface area contributed by atoms with Crippen molar-refractivity contribution in [2.75, 3.05) is 5.32 Å². The summed E-state index contributed by atoms with van der Waals surface area (Å²) in [5.74, 6) is 0.718. The van der Waals surface area contributed by atoms with Gasteiger partial charge < -0.3 is 10.3 Å². The highest BCUT2D eigenvalue weighted by Gasteiger charge is 2.12. The normalized spacial score (nSPS) is 12.3. The molecule has 118 valence electrons. The van der Waals surface area contributed by atoms with Crippen LogP contribution in [0.25, 0.3) is 10.9 Å². The number of H-pyrrole nitrogens is 1. The van der Waals surface area contributed by atoms with Crippen LogP contribution in [0.1, 0.15) is 24.2 Å². The van der Waals surface area contributed by atoms with Gasteiger partial charge in [-0.3, -0.25) is 4.79 Å². The summed E-state index contributed by atoms with van der Waals surface area (Å²) in [5, 5.41) is 4.81. The molecule has 2 heterocycles. The van der Waals surface area contributed by atoms with Crippen molar-refractivity contribution in [3.63, 3.8) is 0 Å². The van der Waals surface area contributed by atoms with Gasteiger partial charge in [0.2, 0.25) is 0 Å². The maximum Gasteiger partial charge on any atom is 0.253 e. The number of aromatic nitrogens is 2. The third-order valence-electron chi connectivity index (χ3n) is 3.58. The van der Waals surface area contributed by atoms with Crippen molar-refractivity contribution in [1.29, 1.82) is 0 Å². The molecule has 0 saturated heterocycles. The summed E-state index contributed by atoms with van der Waals surface area (Å²) >= 11 is 9.48. The van der Waals surface area contributed by atoms with Gasteiger partial charge >= 0.3 is 0 Å².